The van der Waals surface area contributed by atoms with Gasteiger partial charge in [0.15, 0.2) is 17.8 Å². The van der Waals surface area contributed by atoms with Crippen LogP contribution < -0.4 is 18.9 Å². The zero-order chi connectivity index (χ0) is 26.0. The molecule has 0 amide bonds. The van der Waals surface area contributed by atoms with Crippen LogP contribution in [0.2, 0.25) is 0 Å². The van der Waals surface area contributed by atoms with Gasteiger partial charge >= 0.3 is 0 Å². The fourth-order valence-corrected chi connectivity index (χ4v) is 3.77. The van der Waals surface area contributed by atoms with E-state index in [0.717, 1.165) is 5.56 Å². The number of aliphatic hydroxyl groups is 3. The van der Waals surface area contributed by atoms with Crippen LogP contribution >= 0.6 is 22.6 Å². The Morgan fingerprint density at radius 3 is 2.20 bits per heavy atom. The van der Waals surface area contributed by atoms with Gasteiger partial charge in [0.05, 0.1) is 39.6 Å². The summed E-state index contributed by atoms with van der Waals surface area (Å²) >= 11 is 1.69. The fraction of sp³-hybridized carbons (Fsp3) is 0.458. The van der Waals surface area contributed by atoms with Gasteiger partial charge in [0, 0.05) is 36.1 Å². The van der Waals surface area contributed by atoms with Crippen molar-refractivity contribution < 1.29 is 48.5 Å². The minimum atomic E-state index is -1.03. The van der Waals surface area contributed by atoms with Crippen molar-refractivity contribution in [2.75, 3.05) is 35.0 Å². The van der Waals surface area contributed by atoms with Crippen LogP contribution in [0.4, 0.5) is 0 Å². The highest BCUT2D eigenvalue weighted by atomic mass is 127. The summed E-state index contributed by atoms with van der Waals surface area (Å²) in [6.45, 7) is 0.0202. The van der Waals surface area contributed by atoms with E-state index in [-0.39, 0.29) is 16.8 Å². The molecular formula is C24H31IO10. The average Bonchev–Trinajstić information content (AvgIpc) is 2.88. The number of aliphatic hydroxyl groups excluding tert-OH is 3. The van der Waals surface area contributed by atoms with Crippen molar-refractivity contribution in [3.63, 3.8) is 0 Å². The Morgan fingerprint density at radius 1 is 1.03 bits per heavy atom. The van der Waals surface area contributed by atoms with E-state index in [0.29, 0.717) is 35.2 Å². The van der Waals surface area contributed by atoms with Crippen molar-refractivity contribution in [2.24, 2.45) is 0 Å². The molecule has 1 aliphatic rings. The number of carbonyl (C=O) groups excluding carboxylic acids is 1. The predicted molar refractivity (Wildman–Crippen MR) is 135 cm³/mol. The van der Waals surface area contributed by atoms with Crippen LogP contribution in [-0.4, -0.2) is 78.8 Å². The highest BCUT2D eigenvalue weighted by Gasteiger charge is 2.36. The molecule has 10 nitrogen and oxygen atoms in total. The summed E-state index contributed by atoms with van der Waals surface area (Å²) in [5.74, 6) is 1.48. The first-order chi connectivity index (χ1) is 16.8. The van der Waals surface area contributed by atoms with Crippen LogP contribution in [0.3, 0.4) is 0 Å². The first kappa shape index (κ1) is 29.1. The molecule has 35 heavy (non-hydrogen) atoms. The second-order valence-electron chi connectivity index (χ2n) is 7.39. The number of hydrogen-bond acceptors (Lipinski definition) is 10. The van der Waals surface area contributed by atoms with E-state index in [1.807, 2.05) is 30.3 Å². The lowest BCUT2D eigenvalue weighted by molar-refractivity contribution is -0.248. The van der Waals surface area contributed by atoms with E-state index in [4.69, 9.17) is 33.5 Å². The Morgan fingerprint density at radius 2 is 1.69 bits per heavy atom. The molecule has 1 saturated heterocycles. The SMILES string of the molecule is CO[C@@H]1CC(O)[C@H](O)C(CO)O1.COc1cc(C(=O)I)c(OC)c(OC)c1OCc1ccccc1. The van der Waals surface area contributed by atoms with Gasteiger partial charge in [-0.1, -0.05) is 30.3 Å². The standard InChI is InChI=1S/C17H17IO5.C7H14O5/c1-20-13-9-12(17(18)19)14(21-2)16(22-3)15(13)23-10-11-7-5-4-6-8-11;1-11-6-2-4(9)7(10)5(3-8)12-6/h4-9H,10H2,1-3H3;4-10H,2-3H2,1H3/t;4?,5?,6-,7-/m.0/s1. The van der Waals surface area contributed by atoms with Crippen LogP contribution in [0.25, 0.3) is 0 Å². The molecule has 2 unspecified atom stereocenters. The maximum Gasteiger partial charge on any atom is 0.226 e. The van der Waals surface area contributed by atoms with E-state index < -0.39 is 24.6 Å². The Bertz CT molecular complexity index is 940. The van der Waals surface area contributed by atoms with Gasteiger partial charge in [0.1, 0.15) is 18.8 Å². The summed E-state index contributed by atoms with van der Waals surface area (Å²) in [6, 6.07) is 11.3. The van der Waals surface area contributed by atoms with Crippen LogP contribution in [-0.2, 0) is 16.1 Å². The van der Waals surface area contributed by atoms with Gasteiger partial charge in [0.25, 0.3) is 0 Å². The van der Waals surface area contributed by atoms with Crippen LogP contribution in [0.1, 0.15) is 22.3 Å². The Hall–Kier alpha value is -2.16. The first-order valence-corrected chi connectivity index (χ1v) is 11.7. The van der Waals surface area contributed by atoms with Crippen molar-refractivity contribution in [2.45, 2.75) is 37.6 Å². The van der Waals surface area contributed by atoms with Crippen molar-refractivity contribution in [3.05, 3.63) is 47.5 Å². The van der Waals surface area contributed by atoms with Gasteiger partial charge in [-0.25, -0.2) is 0 Å². The molecule has 11 heteroatoms. The molecule has 0 saturated carbocycles. The minimum Gasteiger partial charge on any atom is -0.493 e. The molecule has 0 radical (unpaired) electrons. The monoisotopic (exact) mass is 606 g/mol. The van der Waals surface area contributed by atoms with Crippen molar-refractivity contribution in [1.29, 1.82) is 0 Å². The van der Waals surface area contributed by atoms with Crippen LogP contribution in [0.15, 0.2) is 36.4 Å². The zero-order valence-electron chi connectivity index (χ0n) is 20.0. The van der Waals surface area contributed by atoms with Gasteiger partial charge in [-0.05, 0) is 11.6 Å². The Labute approximate surface area is 217 Å². The second kappa shape index (κ2) is 14.4. The third-order valence-electron chi connectivity index (χ3n) is 5.20. The molecule has 3 N–H and O–H groups in total. The minimum absolute atomic E-state index is 0.175. The van der Waals surface area contributed by atoms with Crippen molar-refractivity contribution >= 4 is 26.4 Å². The lowest BCUT2D eigenvalue weighted by atomic mass is 10.0. The molecule has 2 aromatic rings. The van der Waals surface area contributed by atoms with Crippen LogP contribution in [0.5, 0.6) is 23.0 Å². The number of ether oxygens (including phenoxy) is 6. The number of halogens is 1. The molecule has 2 aromatic carbocycles. The number of rotatable bonds is 9. The van der Waals surface area contributed by atoms with E-state index in [9.17, 15) is 15.0 Å². The molecule has 0 aromatic heterocycles. The second-order valence-corrected chi connectivity index (χ2v) is 8.37. The maximum absolute atomic E-state index is 11.8. The molecule has 194 valence electrons. The quantitative estimate of drug-likeness (QED) is 0.289. The molecule has 0 bridgehead atoms. The van der Waals surface area contributed by atoms with Gasteiger partial charge < -0.3 is 43.7 Å². The summed E-state index contributed by atoms with van der Waals surface area (Å²) in [5.41, 5.74) is 1.37. The fourth-order valence-electron chi connectivity index (χ4n) is 3.37. The molecule has 1 heterocycles. The van der Waals surface area contributed by atoms with E-state index in [1.54, 1.807) is 28.7 Å². The highest BCUT2D eigenvalue weighted by Crippen LogP contribution is 2.47. The lowest BCUT2D eigenvalue weighted by Crippen LogP contribution is -2.50. The molecule has 4 atom stereocenters. The largest absolute Gasteiger partial charge is 0.493 e. The predicted octanol–water partition coefficient (Wildman–Crippen LogP) is 2.33. The molecule has 3 rings (SSSR count). The normalized spacial score (nSPS) is 21.4. The Balaban J connectivity index is 0.000000303. The number of benzene rings is 2. The zero-order valence-corrected chi connectivity index (χ0v) is 22.1. The third-order valence-corrected chi connectivity index (χ3v) is 5.78. The van der Waals surface area contributed by atoms with E-state index in [2.05, 4.69) is 0 Å². The van der Waals surface area contributed by atoms with Crippen molar-refractivity contribution in [3.8, 4) is 23.0 Å². The topological polar surface area (TPSA) is 133 Å². The number of carbonyl (C=O) groups is 1. The van der Waals surface area contributed by atoms with E-state index in [1.165, 1.54) is 28.4 Å². The molecule has 1 aliphatic heterocycles. The maximum atomic E-state index is 11.8. The third kappa shape index (κ3) is 7.66. The lowest BCUT2D eigenvalue weighted by Gasteiger charge is -2.35. The van der Waals surface area contributed by atoms with Crippen molar-refractivity contribution in [1.82, 2.24) is 0 Å². The molecule has 1 fully saturated rings. The van der Waals surface area contributed by atoms with Gasteiger partial charge in [-0.15, -0.1) is 0 Å². The summed E-state index contributed by atoms with van der Waals surface area (Å²) in [4.78, 5) is 11.8. The molecule has 0 spiro atoms. The van der Waals surface area contributed by atoms with Gasteiger partial charge in [-0.2, -0.15) is 0 Å². The van der Waals surface area contributed by atoms with Crippen LogP contribution in [0, 0.1) is 0 Å². The first-order valence-electron chi connectivity index (χ1n) is 10.7. The summed E-state index contributed by atoms with van der Waals surface area (Å²) in [7, 11) is 5.93. The highest BCUT2D eigenvalue weighted by molar-refractivity contribution is 14.1. The number of hydrogen-bond donors (Lipinski definition) is 3. The molecular weight excluding hydrogens is 575 g/mol. The smallest absolute Gasteiger partial charge is 0.226 e. The average molecular weight is 606 g/mol. The number of methoxy groups -OCH3 is 4. The Kier molecular flexibility index (Phi) is 12.0. The van der Waals surface area contributed by atoms with E-state index >= 15 is 0 Å². The van der Waals surface area contributed by atoms with Gasteiger partial charge in [0.2, 0.25) is 15.3 Å². The summed E-state index contributed by atoms with van der Waals surface area (Å²) in [6.07, 6.45) is -2.98. The van der Waals surface area contributed by atoms with Gasteiger partial charge in [-0.3, -0.25) is 4.79 Å². The summed E-state index contributed by atoms with van der Waals surface area (Å²) < 4.78 is 31.7. The summed E-state index contributed by atoms with van der Waals surface area (Å²) in [5, 5.41) is 27.3. The molecule has 0 aliphatic carbocycles.